The zero-order valence-electron chi connectivity index (χ0n) is 14.3. The Hall–Kier alpha value is -2.28. The second-order valence-electron chi connectivity index (χ2n) is 5.81. The van der Waals surface area contributed by atoms with E-state index < -0.39 is 5.97 Å². The number of carbonyl (C=O) groups is 2. The minimum Gasteiger partial charge on any atom is -0.496 e. The monoisotopic (exact) mass is 336 g/mol. The van der Waals surface area contributed by atoms with Gasteiger partial charge >= 0.3 is 5.97 Å². The van der Waals surface area contributed by atoms with E-state index in [4.69, 9.17) is 14.6 Å². The Morgan fingerprint density at radius 2 is 1.67 bits per heavy atom. The van der Waals surface area contributed by atoms with Crippen LogP contribution in [0.2, 0.25) is 0 Å². The van der Waals surface area contributed by atoms with Crippen LogP contribution in [0.1, 0.15) is 23.7 Å². The zero-order chi connectivity index (χ0) is 17.7. The zero-order valence-corrected chi connectivity index (χ0v) is 14.3. The van der Waals surface area contributed by atoms with Gasteiger partial charge in [0.15, 0.2) is 0 Å². The third-order valence-electron chi connectivity index (χ3n) is 4.34. The van der Waals surface area contributed by atoms with E-state index in [2.05, 4.69) is 4.90 Å². The maximum absolute atomic E-state index is 12.9. The van der Waals surface area contributed by atoms with Crippen LogP contribution >= 0.6 is 0 Å². The van der Waals surface area contributed by atoms with Crippen molar-refractivity contribution in [2.24, 2.45) is 0 Å². The van der Waals surface area contributed by atoms with Gasteiger partial charge in [0.2, 0.25) is 0 Å². The highest BCUT2D eigenvalue weighted by atomic mass is 16.5. The van der Waals surface area contributed by atoms with Gasteiger partial charge in [-0.05, 0) is 19.1 Å². The molecule has 1 unspecified atom stereocenters. The third-order valence-corrected chi connectivity index (χ3v) is 4.34. The molecule has 24 heavy (non-hydrogen) atoms. The van der Waals surface area contributed by atoms with Crippen molar-refractivity contribution in [1.82, 2.24) is 9.80 Å². The lowest BCUT2D eigenvalue weighted by molar-refractivity contribution is -0.138. The molecule has 7 nitrogen and oxygen atoms in total. The second-order valence-corrected chi connectivity index (χ2v) is 5.81. The van der Waals surface area contributed by atoms with Crippen LogP contribution in [0, 0.1) is 0 Å². The largest absolute Gasteiger partial charge is 0.496 e. The Morgan fingerprint density at radius 3 is 2.12 bits per heavy atom. The molecular formula is C17H24N2O5. The summed E-state index contributed by atoms with van der Waals surface area (Å²) in [6, 6.07) is 5.21. The first kappa shape index (κ1) is 18.1. The number of hydrogen-bond acceptors (Lipinski definition) is 5. The molecule has 7 heteroatoms. The Bertz CT molecular complexity index is 574. The predicted octanol–water partition coefficient (Wildman–Crippen LogP) is 1.32. The fourth-order valence-corrected chi connectivity index (χ4v) is 2.97. The van der Waals surface area contributed by atoms with Crippen LogP contribution in [-0.4, -0.2) is 73.2 Å². The summed E-state index contributed by atoms with van der Waals surface area (Å²) in [5, 5.41) is 8.90. The van der Waals surface area contributed by atoms with Crippen LogP contribution in [0.25, 0.3) is 0 Å². The number of aliphatic carboxylic acids is 1. The van der Waals surface area contributed by atoms with Gasteiger partial charge in [-0.2, -0.15) is 0 Å². The number of ether oxygens (including phenoxy) is 2. The van der Waals surface area contributed by atoms with Gasteiger partial charge in [0.1, 0.15) is 17.1 Å². The molecule has 0 aliphatic carbocycles. The quantitative estimate of drug-likeness (QED) is 0.844. The number of amides is 1. The van der Waals surface area contributed by atoms with Crippen molar-refractivity contribution >= 4 is 11.9 Å². The van der Waals surface area contributed by atoms with Gasteiger partial charge in [-0.25, -0.2) is 0 Å². The molecule has 2 rings (SSSR count). The predicted molar refractivity (Wildman–Crippen MR) is 88.7 cm³/mol. The van der Waals surface area contributed by atoms with Crippen molar-refractivity contribution in [1.29, 1.82) is 0 Å². The first-order valence-corrected chi connectivity index (χ1v) is 7.94. The van der Waals surface area contributed by atoms with E-state index in [1.807, 2.05) is 6.92 Å². The van der Waals surface area contributed by atoms with Crippen LogP contribution in [0.4, 0.5) is 0 Å². The number of piperazine rings is 1. The third kappa shape index (κ3) is 3.97. The van der Waals surface area contributed by atoms with Gasteiger partial charge < -0.3 is 19.5 Å². The summed E-state index contributed by atoms with van der Waals surface area (Å²) in [4.78, 5) is 27.5. The summed E-state index contributed by atoms with van der Waals surface area (Å²) in [5.41, 5.74) is 0.425. The van der Waals surface area contributed by atoms with Crippen molar-refractivity contribution in [2.45, 2.75) is 19.4 Å². The lowest BCUT2D eigenvalue weighted by atomic mass is 10.1. The van der Waals surface area contributed by atoms with Gasteiger partial charge in [-0.3, -0.25) is 14.5 Å². The Labute approximate surface area is 141 Å². The molecule has 132 valence electrons. The number of carbonyl (C=O) groups excluding carboxylic acids is 1. The Morgan fingerprint density at radius 1 is 1.12 bits per heavy atom. The van der Waals surface area contributed by atoms with E-state index in [0.29, 0.717) is 43.2 Å². The highest BCUT2D eigenvalue weighted by Crippen LogP contribution is 2.30. The molecule has 1 heterocycles. The van der Waals surface area contributed by atoms with Gasteiger partial charge in [0.05, 0.1) is 20.6 Å². The molecule has 1 aliphatic rings. The average molecular weight is 336 g/mol. The van der Waals surface area contributed by atoms with E-state index >= 15 is 0 Å². The summed E-state index contributed by atoms with van der Waals surface area (Å²) in [6.45, 7) is 4.29. The maximum Gasteiger partial charge on any atom is 0.304 e. The van der Waals surface area contributed by atoms with Crippen LogP contribution in [0.3, 0.4) is 0 Å². The van der Waals surface area contributed by atoms with E-state index in [0.717, 1.165) is 0 Å². The molecule has 1 amide bonds. The summed E-state index contributed by atoms with van der Waals surface area (Å²) in [6.07, 6.45) is 0.105. The summed E-state index contributed by atoms with van der Waals surface area (Å²) < 4.78 is 10.6. The summed E-state index contributed by atoms with van der Waals surface area (Å²) >= 11 is 0. The number of benzene rings is 1. The molecule has 0 aromatic heterocycles. The second kappa shape index (κ2) is 8.01. The van der Waals surface area contributed by atoms with Gasteiger partial charge in [0, 0.05) is 32.2 Å². The smallest absolute Gasteiger partial charge is 0.304 e. The molecule has 0 spiro atoms. The average Bonchev–Trinajstić information content (AvgIpc) is 2.59. The molecule has 0 saturated carbocycles. The van der Waals surface area contributed by atoms with E-state index in [1.54, 1.807) is 23.1 Å². The Kier molecular flexibility index (Phi) is 6.03. The first-order valence-electron chi connectivity index (χ1n) is 7.94. The standard InChI is InChI=1S/C17H24N2O5/c1-12(11-15(20)21)18-7-9-19(10-8-18)17(22)16-13(23-2)5-4-6-14(16)24-3/h4-6,12H,7-11H2,1-3H3,(H,20,21). The number of rotatable bonds is 6. The molecule has 1 aromatic rings. The van der Waals surface area contributed by atoms with Crippen LogP contribution in [0.15, 0.2) is 18.2 Å². The van der Waals surface area contributed by atoms with Gasteiger partial charge in [-0.15, -0.1) is 0 Å². The van der Waals surface area contributed by atoms with Crippen LogP contribution < -0.4 is 9.47 Å². The van der Waals surface area contributed by atoms with Crippen molar-refractivity contribution in [3.63, 3.8) is 0 Å². The number of nitrogens with zero attached hydrogens (tertiary/aromatic N) is 2. The minimum atomic E-state index is -0.806. The van der Waals surface area contributed by atoms with Crippen molar-refractivity contribution in [3.05, 3.63) is 23.8 Å². The van der Waals surface area contributed by atoms with Crippen LogP contribution in [-0.2, 0) is 4.79 Å². The molecule has 1 saturated heterocycles. The molecule has 1 aromatic carbocycles. The molecular weight excluding hydrogens is 312 g/mol. The number of hydrogen-bond donors (Lipinski definition) is 1. The van der Waals surface area contributed by atoms with E-state index in [9.17, 15) is 9.59 Å². The lowest BCUT2D eigenvalue weighted by Crippen LogP contribution is -2.51. The maximum atomic E-state index is 12.9. The topological polar surface area (TPSA) is 79.3 Å². The minimum absolute atomic E-state index is 0.0412. The molecule has 0 bridgehead atoms. The molecule has 1 fully saturated rings. The fraction of sp³-hybridized carbons (Fsp3) is 0.529. The first-order chi connectivity index (χ1) is 11.5. The van der Waals surface area contributed by atoms with Crippen molar-refractivity contribution in [3.8, 4) is 11.5 Å². The van der Waals surface area contributed by atoms with Crippen molar-refractivity contribution < 1.29 is 24.2 Å². The van der Waals surface area contributed by atoms with E-state index in [1.165, 1.54) is 14.2 Å². The normalized spacial score (nSPS) is 16.5. The molecule has 1 N–H and O–H groups in total. The van der Waals surface area contributed by atoms with E-state index in [-0.39, 0.29) is 18.4 Å². The summed E-state index contributed by atoms with van der Waals surface area (Å²) in [7, 11) is 3.05. The molecule has 1 atom stereocenters. The summed E-state index contributed by atoms with van der Waals surface area (Å²) in [5.74, 6) is 0.0386. The highest BCUT2D eigenvalue weighted by molar-refractivity contribution is 5.99. The SMILES string of the molecule is COc1cccc(OC)c1C(=O)N1CCN(C(C)CC(=O)O)CC1. The molecule has 0 radical (unpaired) electrons. The van der Waals surface area contributed by atoms with Crippen LogP contribution in [0.5, 0.6) is 11.5 Å². The fourth-order valence-electron chi connectivity index (χ4n) is 2.97. The highest BCUT2D eigenvalue weighted by Gasteiger charge is 2.28. The van der Waals surface area contributed by atoms with Gasteiger partial charge in [-0.1, -0.05) is 6.07 Å². The molecule has 1 aliphatic heterocycles. The number of carboxylic acid groups (broad SMARTS) is 1. The van der Waals surface area contributed by atoms with Gasteiger partial charge in [0.25, 0.3) is 5.91 Å². The number of carboxylic acids is 1. The van der Waals surface area contributed by atoms with Crippen molar-refractivity contribution in [2.75, 3.05) is 40.4 Å². The Balaban J connectivity index is 2.07. The lowest BCUT2D eigenvalue weighted by Gasteiger charge is -2.37. The number of methoxy groups -OCH3 is 2.